The van der Waals surface area contributed by atoms with Crippen LogP contribution in [0.4, 0.5) is 0 Å². The van der Waals surface area contributed by atoms with Gasteiger partial charge in [0.05, 0.1) is 0 Å². The van der Waals surface area contributed by atoms with Crippen molar-refractivity contribution < 1.29 is 0 Å². The van der Waals surface area contributed by atoms with Gasteiger partial charge in [0.25, 0.3) is 0 Å². The minimum absolute atomic E-state index is 0. The summed E-state index contributed by atoms with van der Waals surface area (Å²) in [6.07, 6.45) is 16.8. The summed E-state index contributed by atoms with van der Waals surface area (Å²) < 4.78 is 0. The Morgan fingerprint density at radius 1 is 1.02 bits per heavy atom. The van der Waals surface area contributed by atoms with Crippen LogP contribution in [0.1, 0.15) is 133 Å². The minimum Gasteiger partial charge on any atom is -0.103 e. The summed E-state index contributed by atoms with van der Waals surface area (Å²) in [6.45, 7) is 35.0. The van der Waals surface area contributed by atoms with E-state index in [1.165, 1.54) is 58.3 Å². The second kappa shape index (κ2) is 20.3. The molecule has 0 fully saturated rings. The van der Waals surface area contributed by atoms with Crippen molar-refractivity contribution in [1.29, 1.82) is 0 Å². The van der Waals surface area contributed by atoms with Gasteiger partial charge < -0.3 is 0 Å². The molecule has 0 amide bonds. The first kappa shape index (κ1) is 39.5. The monoisotopic (exact) mass is 545 g/mol. The Hall–Kier alpha value is -2.60. The molecule has 0 bridgehead atoms. The molecule has 0 saturated heterocycles. The highest BCUT2D eigenvalue weighted by Gasteiger charge is 2.43. The number of hydrogen-bond donors (Lipinski definition) is 0. The maximum absolute atomic E-state index is 4.11. The fraction of sp³-hybridized carbons (Fsp3) is 0.500. The first-order valence-electron chi connectivity index (χ1n) is 15.5. The van der Waals surface area contributed by atoms with E-state index in [0.29, 0.717) is 11.8 Å². The molecule has 0 nitrogen and oxygen atoms in total. The lowest BCUT2D eigenvalue weighted by Crippen LogP contribution is -2.21. The predicted octanol–water partition coefficient (Wildman–Crippen LogP) is 13.6. The molecule has 224 valence electrons. The fourth-order valence-electron chi connectivity index (χ4n) is 5.48. The molecule has 0 saturated carbocycles. The van der Waals surface area contributed by atoms with E-state index in [9.17, 15) is 0 Å². The number of fused-ring (bicyclic) bond motifs is 3. The van der Waals surface area contributed by atoms with Gasteiger partial charge in [-0.1, -0.05) is 156 Å². The molecule has 40 heavy (non-hydrogen) atoms. The van der Waals surface area contributed by atoms with Crippen LogP contribution in [-0.2, 0) is 0 Å². The lowest BCUT2D eigenvalue weighted by molar-refractivity contribution is 0.510. The molecule has 0 spiro atoms. The summed E-state index contributed by atoms with van der Waals surface area (Å²) in [5, 5.41) is 0. The van der Waals surface area contributed by atoms with Crippen LogP contribution in [0.5, 0.6) is 0 Å². The number of rotatable bonds is 4. The maximum Gasteiger partial charge on any atom is 0.0152 e. The van der Waals surface area contributed by atoms with E-state index in [4.69, 9.17) is 0 Å². The number of allylic oxidation sites excluding steroid dienone is 11. The maximum atomic E-state index is 4.11. The van der Waals surface area contributed by atoms with Gasteiger partial charge in [0, 0.05) is 5.41 Å². The number of unbranched alkanes of at least 4 members (excludes halogenated alkanes) is 1. The van der Waals surface area contributed by atoms with E-state index in [0.717, 1.165) is 12.8 Å². The fourth-order valence-corrected chi connectivity index (χ4v) is 5.48. The molecule has 1 aromatic carbocycles. The van der Waals surface area contributed by atoms with E-state index in [2.05, 4.69) is 104 Å². The molecule has 0 N–H and O–H groups in total. The SMILES string of the molecule is C.C=C/C=C1\C2=C(C=C3c4ccccc4C(C)CC3C2)C(C)(C)\C1=C\CC(=C)C.C=CC.CC.CC.CCCC. The van der Waals surface area contributed by atoms with E-state index in [-0.39, 0.29) is 12.8 Å². The zero-order valence-electron chi connectivity index (χ0n) is 27.5. The molecule has 0 aliphatic heterocycles. The van der Waals surface area contributed by atoms with E-state index in [1.807, 2.05) is 40.7 Å². The van der Waals surface area contributed by atoms with Crippen molar-refractivity contribution in [3.05, 3.63) is 113 Å². The second-order valence-corrected chi connectivity index (χ2v) is 10.7. The topological polar surface area (TPSA) is 0 Å². The van der Waals surface area contributed by atoms with Crippen LogP contribution in [0.3, 0.4) is 0 Å². The van der Waals surface area contributed by atoms with Crippen LogP contribution in [0, 0.1) is 11.3 Å². The lowest BCUT2D eigenvalue weighted by atomic mass is 9.68. The van der Waals surface area contributed by atoms with Gasteiger partial charge >= 0.3 is 0 Å². The third-order valence-corrected chi connectivity index (χ3v) is 7.36. The molecule has 2 unspecified atom stereocenters. The van der Waals surface area contributed by atoms with Crippen LogP contribution in [0.15, 0.2) is 102 Å². The Bertz CT molecular complexity index is 1050. The highest BCUT2D eigenvalue weighted by Crippen LogP contribution is 2.58. The Kier molecular flexibility index (Phi) is 20.1. The van der Waals surface area contributed by atoms with Gasteiger partial charge in [-0.3, -0.25) is 0 Å². The lowest BCUT2D eigenvalue weighted by Gasteiger charge is -2.36. The van der Waals surface area contributed by atoms with Gasteiger partial charge in [-0.2, -0.15) is 0 Å². The third-order valence-electron chi connectivity index (χ3n) is 7.36. The average Bonchev–Trinajstić information content (AvgIpc) is 3.14. The van der Waals surface area contributed by atoms with Crippen LogP contribution in [0.25, 0.3) is 5.57 Å². The standard InChI is InChI=1S/C28H32.C4H10.C3H6.2C2H6.CH4/c1-7-10-23-25-16-20-15-19(4)21-11-8-9-12-22(21)24(20)17-27(25)28(5,6)26(23)14-13-18(2)3;1-3-4-2;1-3-2;2*1-2;/h7-12,14,17,19-20H,1-2,13,15-16H2,3-6H3;3-4H2,1-2H3;3H,1H2,2H3;2*1-2H3;1H4/b23-10+,26-14+;;;;;. The van der Waals surface area contributed by atoms with Crippen LogP contribution < -0.4 is 0 Å². The Labute approximate surface area is 251 Å². The normalized spacial score (nSPS) is 20.9. The predicted molar refractivity (Wildman–Crippen MR) is 188 cm³/mol. The number of benzene rings is 1. The van der Waals surface area contributed by atoms with Crippen LogP contribution >= 0.6 is 0 Å². The molecular weight excluding hydrogens is 480 g/mol. The van der Waals surface area contributed by atoms with Crippen molar-refractivity contribution >= 4 is 5.57 Å². The molecule has 4 rings (SSSR count). The van der Waals surface area contributed by atoms with Crippen molar-refractivity contribution in [3.8, 4) is 0 Å². The molecular formula is C40H64. The Morgan fingerprint density at radius 2 is 1.57 bits per heavy atom. The third kappa shape index (κ3) is 9.79. The van der Waals surface area contributed by atoms with Crippen molar-refractivity contribution in [1.82, 2.24) is 0 Å². The molecule has 0 heteroatoms. The quantitative estimate of drug-likeness (QED) is 0.331. The van der Waals surface area contributed by atoms with Crippen molar-refractivity contribution in [2.24, 2.45) is 11.3 Å². The van der Waals surface area contributed by atoms with Crippen molar-refractivity contribution in [2.75, 3.05) is 0 Å². The summed E-state index contributed by atoms with van der Waals surface area (Å²) in [6, 6.07) is 9.03. The molecule has 3 aliphatic rings. The minimum atomic E-state index is 0. The summed E-state index contributed by atoms with van der Waals surface area (Å²) in [4.78, 5) is 0. The van der Waals surface area contributed by atoms with E-state index >= 15 is 0 Å². The summed E-state index contributed by atoms with van der Waals surface area (Å²) >= 11 is 0. The summed E-state index contributed by atoms with van der Waals surface area (Å²) in [5.41, 5.74) is 11.7. The van der Waals surface area contributed by atoms with Crippen LogP contribution in [0.2, 0.25) is 0 Å². The molecule has 1 aromatic rings. The van der Waals surface area contributed by atoms with E-state index in [1.54, 1.807) is 11.6 Å². The van der Waals surface area contributed by atoms with Gasteiger partial charge in [-0.25, -0.2) is 0 Å². The molecule has 0 radical (unpaired) electrons. The first-order chi connectivity index (χ1) is 18.7. The zero-order chi connectivity index (χ0) is 30.2. The number of hydrogen-bond acceptors (Lipinski definition) is 0. The van der Waals surface area contributed by atoms with Gasteiger partial charge in [-0.05, 0) is 83.9 Å². The van der Waals surface area contributed by atoms with E-state index < -0.39 is 0 Å². The average molecular weight is 545 g/mol. The largest absolute Gasteiger partial charge is 0.103 e. The first-order valence-corrected chi connectivity index (χ1v) is 15.5. The highest BCUT2D eigenvalue weighted by atomic mass is 14.5. The van der Waals surface area contributed by atoms with Crippen LogP contribution in [-0.4, -0.2) is 0 Å². The highest BCUT2D eigenvalue weighted by molar-refractivity contribution is 5.80. The zero-order valence-corrected chi connectivity index (χ0v) is 27.5. The molecule has 2 atom stereocenters. The summed E-state index contributed by atoms with van der Waals surface area (Å²) in [7, 11) is 0. The second-order valence-electron chi connectivity index (χ2n) is 10.7. The Balaban J connectivity index is 0. The Morgan fingerprint density at radius 3 is 2.08 bits per heavy atom. The van der Waals surface area contributed by atoms with Gasteiger partial charge in [0.15, 0.2) is 0 Å². The smallest absolute Gasteiger partial charge is 0.0152 e. The molecule has 3 aliphatic carbocycles. The van der Waals surface area contributed by atoms with Gasteiger partial charge in [-0.15, -0.1) is 6.58 Å². The molecule has 0 aromatic heterocycles. The molecule has 0 heterocycles. The van der Waals surface area contributed by atoms with Gasteiger partial charge in [0.1, 0.15) is 0 Å². The van der Waals surface area contributed by atoms with Gasteiger partial charge in [0.2, 0.25) is 0 Å². The summed E-state index contributed by atoms with van der Waals surface area (Å²) in [5.74, 6) is 1.24. The van der Waals surface area contributed by atoms with Crippen molar-refractivity contribution in [2.45, 2.75) is 122 Å². The van der Waals surface area contributed by atoms with Crippen molar-refractivity contribution in [3.63, 3.8) is 0 Å².